The Kier molecular flexibility index (Phi) is 4.39. The molecule has 130 valence electrons. The molecule has 1 heterocycles. The molecule has 0 radical (unpaired) electrons. The van der Waals surface area contributed by atoms with Crippen molar-refractivity contribution < 1.29 is 19.1 Å². The van der Waals surface area contributed by atoms with Crippen LogP contribution in [0.15, 0.2) is 30.3 Å². The van der Waals surface area contributed by atoms with Gasteiger partial charge in [-0.05, 0) is 26.3 Å². The average molecular weight is 332 g/mol. The third-order valence-electron chi connectivity index (χ3n) is 4.34. The van der Waals surface area contributed by atoms with Crippen LogP contribution in [0.3, 0.4) is 0 Å². The van der Waals surface area contributed by atoms with E-state index in [4.69, 9.17) is 9.47 Å². The number of likely N-dealkylation sites (tertiary alicyclic amines) is 1. The van der Waals surface area contributed by atoms with Gasteiger partial charge in [0.1, 0.15) is 12.2 Å². The molecule has 0 unspecified atom stereocenters. The highest BCUT2D eigenvalue weighted by molar-refractivity contribution is 5.70. The van der Waals surface area contributed by atoms with Crippen molar-refractivity contribution in [2.24, 2.45) is 11.8 Å². The maximum atomic E-state index is 12.1. The Bertz CT molecular complexity index is 599. The number of benzene rings is 1. The normalized spacial score (nSPS) is 25.0. The maximum absolute atomic E-state index is 12.1. The second-order valence-electron chi connectivity index (χ2n) is 7.44. The summed E-state index contributed by atoms with van der Waals surface area (Å²) in [6, 6.07) is 9.72. The van der Waals surface area contributed by atoms with Crippen LogP contribution < -0.4 is 5.32 Å². The van der Waals surface area contributed by atoms with Gasteiger partial charge in [-0.1, -0.05) is 30.3 Å². The second kappa shape index (κ2) is 6.34. The first-order chi connectivity index (χ1) is 11.3. The maximum Gasteiger partial charge on any atom is 0.410 e. The van der Waals surface area contributed by atoms with Crippen molar-refractivity contribution in [3.63, 3.8) is 0 Å². The minimum atomic E-state index is -0.499. The van der Waals surface area contributed by atoms with Crippen LogP contribution in [0.4, 0.5) is 9.59 Å². The molecule has 1 N–H and O–H groups in total. The Hall–Kier alpha value is -2.24. The molecule has 2 amide bonds. The number of ether oxygens (including phenoxy) is 2. The zero-order valence-electron chi connectivity index (χ0n) is 14.3. The summed E-state index contributed by atoms with van der Waals surface area (Å²) in [4.78, 5) is 25.6. The van der Waals surface area contributed by atoms with Gasteiger partial charge in [0.25, 0.3) is 0 Å². The number of nitrogens with one attached hydrogen (secondary N) is 1. The summed E-state index contributed by atoms with van der Waals surface area (Å²) in [6.45, 7) is 7.04. The molecule has 0 spiro atoms. The molecule has 1 aliphatic carbocycles. The van der Waals surface area contributed by atoms with Crippen LogP contribution >= 0.6 is 0 Å². The lowest BCUT2D eigenvalue weighted by atomic mass is 10.2. The Morgan fingerprint density at radius 3 is 2.38 bits per heavy atom. The number of amides is 2. The summed E-state index contributed by atoms with van der Waals surface area (Å²) < 4.78 is 10.6. The Balaban J connectivity index is 1.39. The summed E-state index contributed by atoms with van der Waals surface area (Å²) in [5, 5.41) is 2.89. The lowest BCUT2D eigenvalue weighted by Gasteiger charge is -2.22. The fraction of sp³-hybridized carbons (Fsp3) is 0.556. The number of piperidine rings is 1. The molecule has 1 saturated heterocycles. The van der Waals surface area contributed by atoms with Gasteiger partial charge in [-0.15, -0.1) is 0 Å². The van der Waals surface area contributed by atoms with Crippen LogP contribution in [0.2, 0.25) is 0 Å². The van der Waals surface area contributed by atoms with E-state index in [0.717, 1.165) is 5.56 Å². The molecule has 2 fully saturated rings. The van der Waals surface area contributed by atoms with Crippen molar-refractivity contribution in [1.82, 2.24) is 10.2 Å². The van der Waals surface area contributed by atoms with E-state index in [1.807, 2.05) is 51.1 Å². The van der Waals surface area contributed by atoms with E-state index in [9.17, 15) is 9.59 Å². The van der Waals surface area contributed by atoms with Gasteiger partial charge >= 0.3 is 12.2 Å². The van der Waals surface area contributed by atoms with Gasteiger partial charge in [-0.3, -0.25) is 0 Å². The summed E-state index contributed by atoms with van der Waals surface area (Å²) >= 11 is 0. The van der Waals surface area contributed by atoms with Gasteiger partial charge in [0, 0.05) is 31.0 Å². The standard InChI is InChI=1S/C18H24N2O4/c1-18(2,3)24-16(21)19-15-13-9-20(10-14(13)15)17(22)23-11-12-7-5-4-6-8-12/h4-8,13-15H,9-11H2,1-3H3,(H,19,21)/t13-,14+,15+. The zero-order chi connectivity index (χ0) is 17.3. The topological polar surface area (TPSA) is 67.9 Å². The zero-order valence-corrected chi connectivity index (χ0v) is 14.3. The molecular weight excluding hydrogens is 308 g/mol. The first-order valence-corrected chi connectivity index (χ1v) is 8.28. The molecule has 0 aromatic heterocycles. The fourth-order valence-electron chi connectivity index (χ4n) is 3.14. The van der Waals surface area contributed by atoms with Crippen LogP contribution in [-0.4, -0.2) is 41.8 Å². The van der Waals surface area contributed by atoms with Gasteiger partial charge in [0.2, 0.25) is 0 Å². The third kappa shape index (κ3) is 3.99. The van der Waals surface area contributed by atoms with Crippen molar-refractivity contribution in [2.75, 3.05) is 13.1 Å². The number of fused-ring (bicyclic) bond motifs is 1. The molecule has 3 atom stereocenters. The highest BCUT2D eigenvalue weighted by Crippen LogP contribution is 2.45. The second-order valence-corrected chi connectivity index (χ2v) is 7.44. The summed E-state index contributed by atoms with van der Waals surface area (Å²) in [5.41, 5.74) is 0.473. The van der Waals surface area contributed by atoms with Gasteiger partial charge in [0.15, 0.2) is 0 Å². The van der Waals surface area contributed by atoms with Crippen LogP contribution in [0, 0.1) is 11.8 Å². The predicted molar refractivity (Wildman–Crippen MR) is 88.3 cm³/mol. The Morgan fingerprint density at radius 1 is 1.17 bits per heavy atom. The van der Waals surface area contributed by atoms with Crippen LogP contribution in [-0.2, 0) is 16.1 Å². The van der Waals surface area contributed by atoms with Crippen LogP contribution in [0.5, 0.6) is 0 Å². The summed E-state index contributed by atoms with van der Waals surface area (Å²) in [5.74, 6) is 0.614. The Morgan fingerprint density at radius 2 is 1.79 bits per heavy atom. The van der Waals surface area contributed by atoms with Gasteiger partial charge in [0.05, 0.1) is 0 Å². The molecule has 1 saturated carbocycles. The molecule has 1 aliphatic heterocycles. The van der Waals surface area contributed by atoms with E-state index in [-0.39, 0.29) is 24.8 Å². The Labute approximate surface area is 142 Å². The molecular formula is C18H24N2O4. The first kappa shape index (κ1) is 16.6. The van der Waals surface area contributed by atoms with Crippen molar-refractivity contribution in [1.29, 1.82) is 0 Å². The molecule has 24 heavy (non-hydrogen) atoms. The van der Waals surface area contributed by atoms with Crippen molar-refractivity contribution in [2.45, 2.75) is 39.0 Å². The van der Waals surface area contributed by atoms with E-state index in [2.05, 4.69) is 5.32 Å². The molecule has 1 aromatic rings. The van der Waals surface area contributed by atoms with Crippen LogP contribution in [0.1, 0.15) is 26.3 Å². The van der Waals surface area contributed by atoms with E-state index >= 15 is 0 Å². The predicted octanol–water partition coefficient (Wildman–Crippen LogP) is 2.78. The number of hydrogen-bond acceptors (Lipinski definition) is 4. The number of alkyl carbamates (subject to hydrolysis) is 1. The van der Waals surface area contributed by atoms with Gasteiger partial charge in [-0.25, -0.2) is 9.59 Å². The minimum absolute atomic E-state index is 0.109. The quantitative estimate of drug-likeness (QED) is 0.924. The smallest absolute Gasteiger partial charge is 0.410 e. The van der Waals surface area contributed by atoms with Crippen molar-refractivity contribution in [3.05, 3.63) is 35.9 Å². The lowest BCUT2D eigenvalue weighted by molar-refractivity contribution is 0.0513. The van der Waals surface area contributed by atoms with E-state index in [0.29, 0.717) is 24.9 Å². The summed E-state index contributed by atoms with van der Waals surface area (Å²) in [7, 11) is 0. The number of carbonyl (C=O) groups is 2. The van der Waals surface area contributed by atoms with Gasteiger partial charge in [-0.2, -0.15) is 0 Å². The average Bonchev–Trinajstić information content (AvgIpc) is 2.95. The molecule has 2 aliphatic rings. The number of rotatable bonds is 3. The first-order valence-electron chi connectivity index (χ1n) is 8.28. The van der Waals surface area contributed by atoms with Crippen molar-refractivity contribution >= 4 is 12.2 Å². The monoisotopic (exact) mass is 332 g/mol. The largest absolute Gasteiger partial charge is 0.445 e. The van der Waals surface area contributed by atoms with Gasteiger partial charge < -0.3 is 19.7 Å². The van der Waals surface area contributed by atoms with E-state index in [1.54, 1.807) is 4.90 Å². The van der Waals surface area contributed by atoms with Crippen LogP contribution in [0.25, 0.3) is 0 Å². The molecule has 1 aromatic carbocycles. The molecule has 3 rings (SSSR count). The summed E-state index contributed by atoms with van der Waals surface area (Å²) in [6.07, 6.45) is -0.679. The number of hydrogen-bond donors (Lipinski definition) is 1. The number of nitrogens with zero attached hydrogens (tertiary/aromatic N) is 1. The van der Waals surface area contributed by atoms with Crippen molar-refractivity contribution in [3.8, 4) is 0 Å². The number of carbonyl (C=O) groups excluding carboxylic acids is 2. The highest BCUT2D eigenvalue weighted by Gasteiger charge is 2.58. The molecule has 6 nitrogen and oxygen atoms in total. The highest BCUT2D eigenvalue weighted by atomic mass is 16.6. The third-order valence-corrected chi connectivity index (χ3v) is 4.34. The molecule has 6 heteroatoms. The van der Waals surface area contributed by atoms with E-state index < -0.39 is 5.60 Å². The minimum Gasteiger partial charge on any atom is -0.445 e. The fourth-order valence-corrected chi connectivity index (χ4v) is 3.14. The SMILES string of the molecule is CC(C)(C)OC(=O)N[C@H]1[C@@H]2CN(C(=O)OCc3ccccc3)C[C@@H]21. The molecule has 0 bridgehead atoms. The van der Waals surface area contributed by atoms with E-state index in [1.165, 1.54) is 0 Å². The lowest BCUT2D eigenvalue weighted by Crippen LogP contribution is -2.39.